The van der Waals surface area contributed by atoms with Crippen LogP contribution in [0, 0.1) is 17.3 Å². The number of aliphatic hydroxyl groups is 1. The molecule has 2 aliphatic rings. The van der Waals surface area contributed by atoms with Crippen molar-refractivity contribution in [2.45, 2.75) is 45.1 Å². The van der Waals surface area contributed by atoms with Gasteiger partial charge in [-0.05, 0) is 37.5 Å². The summed E-state index contributed by atoms with van der Waals surface area (Å²) in [7, 11) is 0. The van der Waals surface area contributed by atoms with Crippen LogP contribution in [-0.2, 0) is 4.79 Å². The molecule has 0 aromatic rings. The third-order valence-electron chi connectivity index (χ3n) is 4.33. The number of aliphatic hydroxyl groups excluding tert-OH is 1. The molecule has 2 heteroatoms. The number of carbonyl (C=O) groups is 1. The Balaban J connectivity index is 2.33. The van der Waals surface area contributed by atoms with Crippen molar-refractivity contribution in [2.75, 3.05) is 0 Å². The molecule has 0 aromatic heterocycles. The second kappa shape index (κ2) is 3.75. The monoisotopic (exact) mass is 208 g/mol. The highest BCUT2D eigenvalue weighted by Crippen LogP contribution is 2.53. The number of ketones is 1. The largest absolute Gasteiger partial charge is 0.392 e. The molecule has 2 rings (SSSR count). The maximum absolute atomic E-state index is 12.2. The van der Waals surface area contributed by atoms with Crippen molar-refractivity contribution in [1.29, 1.82) is 0 Å². The van der Waals surface area contributed by atoms with E-state index in [2.05, 4.69) is 13.5 Å². The van der Waals surface area contributed by atoms with Gasteiger partial charge in [-0.2, -0.15) is 0 Å². The molecule has 0 bridgehead atoms. The van der Waals surface area contributed by atoms with Crippen molar-refractivity contribution in [3.05, 3.63) is 12.7 Å². The van der Waals surface area contributed by atoms with E-state index < -0.39 is 11.5 Å². The van der Waals surface area contributed by atoms with Gasteiger partial charge < -0.3 is 5.11 Å². The summed E-state index contributed by atoms with van der Waals surface area (Å²) >= 11 is 0. The van der Waals surface area contributed by atoms with Crippen LogP contribution in [0.5, 0.6) is 0 Å². The van der Waals surface area contributed by atoms with Crippen LogP contribution in [0.2, 0.25) is 0 Å². The summed E-state index contributed by atoms with van der Waals surface area (Å²) < 4.78 is 0. The molecular weight excluding hydrogens is 188 g/mol. The number of carbonyl (C=O) groups excluding carboxylic acids is 1. The van der Waals surface area contributed by atoms with Gasteiger partial charge in [0.25, 0.3) is 0 Å². The van der Waals surface area contributed by atoms with E-state index in [4.69, 9.17) is 0 Å². The van der Waals surface area contributed by atoms with Crippen molar-refractivity contribution in [2.24, 2.45) is 17.3 Å². The van der Waals surface area contributed by atoms with E-state index in [0.29, 0.717) is 24.7 Å². The van der Waals surface area contributed by atoms with Crippen LogP contribution < -0.4 is 0 Å². The predicted molar refractivity (Wildman–Crippen MR) is 59.4 cm³/mol. The average molecular weight is 208 g/mol. The molecule has 0 spiro atoms. The predicted octanol–water partition coefficient (Wildman–Crippen LogP) is 2.32. The smallest absolute Gasteiger partial charge is 0.142 e. The van der Waals surface area contributed by atoms with Crippen molar-refractivity contribution >= 4 is 5.78 Å². The number of hydrogen-bond acceptors (Lipinski definition) is 2. The topological polar surface area (TPSA) is 37.3 Å². The fourth-order valence-corrected chi connectivity index (χ4v) is 3.62. The second-order valence-electron chi connectivity index (χ2n) is 5.29. The summed E-state index contributed by atoms with van der Waals surface area (Å²) in [5.41, 5.74) is -0.464. The minimum Gasteiger partial charge on any atom is -0.392 e. The molecule has 0 heterocycles. The van der Waals surface area contributed by atoms with Crippen LogP contribution in [0.15, 0.2) is 12.7 Å². The van der Waals surface area contributed by atoms with Gasteiger partial charge in [0, 0.05) is 6.42 Å². The van der Waals surface area contributed by atoms with E-state index in [9.17, 15) is 9.90 Å². The second-order valence-corrected chi connectivity index (χ2v) is 5.29. The third-order valence-corrected chi connectivity index (χ3v) is 4.33. The maximum Gasteiger partial charge on any atom is 0.142 e. The lowest BCUT2D eigenvalue weighted by Gasteiger charge is -2.41. The van der Waals surface area contributed by atoms with Crippen LogP contribution >= 0.6 is 0 Å². The Bertz CT molecular complexity index is 284. The molecule has 0 aromatic carbocycles. The molecule has 15 heavy (non-hydrogen) atoms. The summed E-state index contributed by atoms with van der Waals surface area (Å²) in [5.74, 6) is 1.16. The van der Waals surface area contributed by atoms with Gasteiger partial charge in [0.05, 0.1) is 11.5 Å². The van der Waals surface area contributed by atoms with Crippen LogP contribution in [0.1, 0.15) is 39.0 Å². The highest BCUT2D eigenvalue weighted by Gasteiger charge is 2.55. The van der Waals surface area contributed by atoms with Gasteiger partial charge in [0.1, 0.15) is 5.78 Å². The Labute approximate surface area is 91.4 Å². The molecule has 2 aliphatic carbocycles. The van der Waals surface area contributed by atoms with Gasteiger partial charge in [-0.1, -0.05) is 13.0 Å². The summed E-state index contributed by atoms with van der Waals surface area (Å²) in [6.45, 7) is 5.87. The molecule has 0 amide bonds. The van der Waals surface area contributed by atoms with Gasteiger partial charge in [0.15, 0.2) is 0 Å². The lowest BCUT2D eigenvalue weighted by atomic mass is 9.62. The lowest BCUT2D eigenvalue weighted by molar-refractivity contribution is -0.142. The third kappa shape index (κ3) is 1.46. The van der Waals surface area contributed by atoms with Crippen molar-refractivity contribution in [1.82, 2.24) is 0 Å². The zero-order valence-corrected chi connectivity index (χ0v) is 9.41. The Hall–Kier alpha value is -0.630. The molecule has 2 fully saturated rings. The Morgan fingerprint density at radius 2 is 2.33 bits per heavy atom. The molecule has 2 nitrogen and oxygen atoms in total. The lowest BCUT2D eigenvalue weighted by Crippen LogP contribution is -2.47. The molecule has 84 valence electrons. The maximum atomic E-state index is 12.2. The summed E-state index contributed by atoms with van der Waals surface area (Å²) in [6, 6.07) is 0. The summed E-state index contributed by atoms with van der Waals surface area (Å²) in [6.07, 6.45) is 5.56. The van der Waals surface area contributed by atoms with E-state index in [1.807, 2.05) is 0 Å². The van der Waals surface area contributed by atoms with Crippen LogP contribution in [-0.4, -0.2) is 17.0 Å². The molecule has 0 aliphatic heterocycles. The van der Waals surface area contributed by atoms with Gasteiger partial charge in [0.2, 0.25) is 0 Å². The first-order chi connectivity index (χ1) is 7.11. The van der Waals surface area contributed by atoms with Crippen LogP contribution in [0.3, 0.4) is 0 Å². The molecule has 2 saturated carbocycles. The first kappa shape index (κ1) is 10.9. The fraction of sp³-hybridized carbons (Fsp3) is 0.769. The molecule has 1 N–H and O–H groups in total. The molecule has 0 radical (unpaired) electrons. The van der Waals surface area contributed by atoms with E-state index >= 15 is 0 Å². The average Bonchev–Trinajstić information content (AvgIpc) is 2.47. The fourth-order valence-electron chi connectivity index (χ4n) is 3.62. The number of fused-ring (bicyclic) bond motifs is 1. The highest BCUT2D eigenvalue weighted by molar-refractivity contribution is 5.87. The van der Waals surface area contributed by atoms with Gasteiger partial charge in [-0.15, -0.1) is 6.58 Å². The standard InChI is InChI=1S/C13H20O2/c1-3-6-13-10(4-5-11(13)14)7-9(2)8-12(13)15/h3,9-11,14H,1,4-8H2,2H3/t9-,10-,11?,13+/m1/s1. The summed E-state index contributed by atoms with van der Waals surface area (Å²) in [5, 5.41) is 10.1. The Kier molecular flexibility index (Phi) is 2.72. The zero-order chi connectivity index (χ0) is 11.1. The van der Waals surface area contributed by atoms with E-state index in [0.717, 1.165) is 19.3 Å². The molecule has 4 atom stereocenters. The molecule has 1 unspecified atom stereocenters. The first-order valence-corrected chi connectivity index (χ1v) is 5.93. The number of hydrogen-bond donors (Lipinski definition) is 1. The van der Waals surface area contributed by atoms with Crippen molar-refractivity contribution in [3.8, 4) is 0 Å². The summed E-state index contributed by atoms with van der Waals surface area (Å²) in [4.78, 5) is 12.2. The highest BCUT2D eigenvalue weighted by atomic mass is 16.3. The van der Waals surface area contributed by atoms with Gasteiger partial charge in [-0.3, -0.25) is 4.79 Å². The van der Waals surface area contributed by atoms with Crippen molar-refractivity contribution in [3.63, 3.8) is 0 Å². The Morgan fingerprint density at radius 1 is 1.60 bits per heavy atom. The minimum absolute atomic E-state index is 0.274. The number of Topliss-reactive ketones (excluding diaryl/α,β-unsaturated/α-hetero) is 1. The number of allylic oxidation sites excluding steroid dienone is 1. The van der Waals surface area contributed by atoms with E-state index in [1.54, 1.807) is 6.08 Å². The van der Waals surface area contributed by atoms with Gasteiger partial charge >= 0.3 is 0 Å². The minimum atomic E-state index is -0.464. The number of rotatable bonds is 2. The quantitative estimate of drug-likeness (QED) is 0.707. The van der Waals surface area contributed by atoms with Crippen LogP contribution in [0.25, 0.3) is 0 Å². The van der Waals surface area contributed by atoms with Gasteiger partial charge in [-0.25, -0.2) is 0 Å². The first-order valence-electron chi connectivity index (χ1n) is 5.93. The zero-order valence-electron chi connectivity index (χ0n) is 9.41. The van der Waals surface area contributed by atoms with Crippen LogP contribution in [0.4, 0.5) is 0 Å². The SMILES string of the molecule is C=CC[C@]12C(=O)C[C@H](C)C[C@H]1CCC2O. The Morgan fingerprint density at radius 3 is 3.00 bits per heavy atom. The van der Waals surface area contributed by atoms with E-state index in [1.165, 1.54) is 0 Å². The normalized spacial score (nSPS) is 45.2. The molecule has 0 saturated heterocycles. The molecular formula is C13H20O2. The van der Waals surface area contributed by atoms with E-state index in [-0.39, 0.29) is 5.78 Å². The van der Waals surface area contributed by atoms with Crippen molar-refractivity contribution < 1.29 is 9.90 Å².